The Morgan fingerprint density at radius 1 is 1.04 bits per heavy atom. The fourth-order valence-electron chi connectivity index (χ4n) is 6.53. The van der Waals surface area contributed by atoms with Crippen LogP contribution < -0.4 is 0 Å². The average Bonchev–Trinajstić information content (AvgIpc) is 2.69. The standard InChI is InChI=1S/C19H26O4/c1-18-6-5-11(20)7-10(18)3-4-12-16-13(21)8-15(23)19(16,2)9-14(22)17(12)18/h7,12-14,16-17,21-22H,3-6,8-9H2,1-2H3/t12-,13-,14+,16+,17+,18-,19+/m0/s1. The van der Waals surface area contributed by atoms with Crippen molar-refractivity contribution in [3.63, 3.8) is 0 Å². The highest BCUT2D eigenvalue weighted by Gasteiger charge is 2.64. The molecular weight excluding hydrogens is 292 g/mol. The number of hydrogen-bond donors (Lipinski definition) is 2. The van der Waals surface area contributed by atoms with E-state index in [4.69, 9.17) is 0 Å². The zero-order chi connectivity index (χ0) is 16.6. The third kappa shape index (κ3) is 1.91. The smallest absolute Gasteiger partial charge is 0.155 e. The van der Waals surface area contributed by atoms with E-state index in [0.717, 1.165) is 19.3 Å². The molecule has 0 amide bonds. The molecule has 0 aromatic heterocycles. The van der Waals surface area contributed by atoms with Gasteiger partial charge in [-0.25, -0.2) is 0 Å². The summed E-state index contributed by atoms with van der Waals surface area (Å²) < 4.78 is 0. The zero-order valence-electron chi connectivity index (χ0n) is 13.9. The molecular formula is C19H26O4. The molecule has 3 fully saturated rings. The van der Waals surface area contributed by atoms with E-state index in [0.29, 0.717) is 12.8 Å². The number of Topliss-reactive ketones (excluding diaryl/α,β-unsaturated/α-hetero) is 1. The molecule has 4 rings (SSSR count). The molecule has 126 valence electrons. The second kappa shape index (κ2) is 4.76. The summed E-state index contributed by atoms with van der Waals surface area (Å²) in [6.07, 6.45) is 4.41. The second-order valence-corrected chi connectivity index (χ2v) is 8.69. The average molecular weight is 318 g/mol. The largest absolute Gasteiger partial charge is 0.393 e. The summed E-state index contributed by atoms with van der Waals surface area (Å²) in [5.41, 5.74) is 0.432. The maximum absolute atomic E-state index is 12.4. The van der Waals surface area contributed by atoms with Crippen molar-refractivity contribution in [2.45, 2.75) is 64.6 Å². The molecule has 0 aromatic carbocycles. The molecule has 4 heteroatoms. The molecule has 3 saturated carbocycles. The minimum atomic E-state index is -0.581. The lowest BCUT2D eigenvalue weighted by molar-refractivity contribution is -0.153. The van der Waals surface area contributed by atoms with Crippen LogP contribution in [-0.2, 0) is 9.59 Å². The van der Waals surface area contributed by atoms with Crippen LogP contribution in [-0.4, -0.2) is 34.0 Å². The van der Waals surface area contributed by atoms with Crippen LogP contribution in [0.4, 0.5) is 0 Å². The van der Waals surface area contributed by atoms with E-state index in [2.05, 4.69) is 6.92 Å². The first-order valence-electron chi connectivity index (χ1n) is 8.91. The summed E-state index contributed by atoms with van der Waals surface area (Å²) in [6, 6.07) is 0. The SMILES string of the molecule is C[C@]12CCC(=O)C=C1CC[C@@H]1[C@@H]2[C@H](O)C[C@]2(C)C(=O)C[C@H](O)[C@@H]12. The van der Waals surface area contributed by atoms with Crippen molar-refractivity contribution < 1.29 is 19.8 Å². The number of carbonyl (C=O) groups excluding carboxylic acids is 2. The molecule has 4 aliphatic rings. The van der Waals surface area contributed by atoms with E-state index in [9.17, 15) is 19.8 Å². The van der Waals surface area contributed by atoms with Crippen LogP contribution in [0.25, 0.3) is 0 Å². The third-order valence-electron chi connectivity index (χ3n) is 7.59. The van der Waals surface area contributed by atoms with Crippen LogP contribution in [0, 0.1) is 28.6 Å². The molecule has 0 spiro atoms. The molecule has 4 aliphatic carbocycles. The van der Waals surface area contributed by atoms with Crippen LogP contribution in [0.1, 0.15) is 52.4 Å². The molecule has 0 bridgehead atoms. The lowest BCUT2D eigenvalue weighted by Gasteiger charge is -2.58. The van der Waals surface area contributed by atoms with E-state index < -0.39 is 17.6 Å². The highest BCUT2D eigenvalue weighted by molar-refractivity contribution is 5.91. The number of aliphatic hydroxyl groups is 2. The second-order valence-electron chi connectivity index (χ2n) is 8.69. The molecule has 0 radical (unpaired) electrons. The number of rotatable bonds is 0. The summed E-state index contributed by atoms with van der Waals surface area (Å²) in [5.74, 6) is 0.481. The number of hydrogen-bond acceptors (Lipinski definition) is 4. The Labute approximate surface area is 137 Å². The van der Waals surface area contributed by atoms with Gasteiger partial charge >= 0.3 is 0 Å². The van der Waals surface area contributed by atoms with Crippen molar-refractivity contribution in [3.8, 4) is 0 Å². The first-order chi connectivity index (χ1) is 10.8. The summed E-state index contributed by atoms with van der Waals surface area (Å²) in [7, 11) is 0. The molecule has 0 aliphatic heterocycles. The van der Waals surface area contributed by atoms with E-state index in [-0.39, 0.29) is 41.2 Å². The van der Waals surface area contributed by atoms with Crippen molar-refractivity contribution in [1.29, 1.82) is 0 Å². The fourth-order valence-corrected chi connectivity index (χ4v) is 6.53. The highest BCUT2D eigenvalue weighted by atomic mass is 16.3. The number of allylic oxidation sites excluding steroid dienone is 1. The Hall–Kier alpha value is -1.00. The van der Waals surface area contributed by atoms with Crippen LogP contribution in [0.3, 0.4) is 0 Å². The molecule has 0 aromatic rings. The fraction of sp³-hybridized carbons (Fsp3) is 0.789. The Morgan fingerprint density at radius 2 is 1.74 bits per heavy atom. The Morgan fingerprint density at radius 3 is 2.48 bits per heavy atom. The van der Waals surface area contributed by atoms with Crippen LogP contribution in [0.15, 0.2) is 11.6 Å². The maximum atomic E-state index is 12.4. The van der Waals surface area contributed by atoms with Crippen molar-refractivity contribution in [3.05, 3.63) is 11.6 Å². The van der Waals surface area contributed by atoms with Gasteiger partial charge in [0.2, 0.25) is 0 Å². The van der Waals surface area contributed by atoms with Crippen molar-refractivity contribution in [2.24, 2.45) is 28.6 Å². The van der Waals surface area contributed by atoms with Gasteiger partial charge in [-0.1, -0.05) is 19.4 Å². The first kappa shape index (κ1) is 15.5. The lowest BCUT2D eigenvalue weighted by atomic mass is 9.46. The van der Waals surface area contributed by atoms with E-state index in [1.807, 2.05) is 6.92 Å². The van der Waals surface area contributed by atoms with Gasteiger partial charge in [-0.05, 0) is 49.0 Å². The topological polar surface area (TPSA) is 74.6 Å². The molecule has 0 unspecified atom stereocenters. The number of ketones is 2. The molecule has 23 heavy (non-hydrogen) atoms. The zero-order valence-corrected chi connectivity index (χ0v) is 13.9. The molecule has 4 nitrogen and oxygen atoms in total. The Bertz CT molecular complexity index is 608. The number of fused-ring (bicyclic) bond motifs is 5. The summed E-state index contributed by atoms with van der Waals surface area (Å²) >= 11 is 0. The van der Waals surface area contributed by atoms with E-state index >= 15 is 0 Å². The predicted molar refractivity (Wildman–Crippen MR) is 84.5 cm³/mol. The molecule has 0 saturated heterocycles. The Kier molecular flexibility index (Phi) is 3.21. The van der Waals surface area contributed by atoms with Gasteiger partial charge in [-0.2, -0.15) is 0 Å². The van der Waals surface area contributed by atoms with Gasteiger partial charge in [0, 0.05) is 24.2 Å². The van der Waals surface area contributed by atoms with Crippen molar-refractivity contribution >= 4 is 11.6 Å². The van der Waals surface area contributed by atoms with E-state index in [1.54, 1.807) is 6.08 Å². The van der Waals surface area contributed by atoms with E-state index in [1.165, 1.54) is 5.57 Å². The van der Waals surface area contributed by atoms with Crippen molar-refractivity contribution in [2.75, 3.05) is 0 Å². The highest BCUT2D eigenvalue weighted by Crippen LogP contribution is 2.64. The predicted octanol–water partition coefficient (Wildman–Crippen LogP) is 2.03. The first-order valence-corrected chi connectivity index (χ1v) is 8.91. The minimum absolute atomic E-state index is 0.0422. The third-order valence-corrected chi connectivity index (χ3v) is 7.59. The normalized spacial score (nSPS) is 52.5. The van der Waals surface area contributed by atoms with Gasteiger partial charge in [0.05, 0.1) is 12.2 Å². The van der Waals surface area contributed by atoms with Gasteiger partial charge in [0.15, 0.2) is 5.78 Å². The lowest BCUT2D eigenvalue weighted by Crippen LogP contribution is -2.58. The number of aliphatic hydroxyl groups excluding tert-OH is 2. The van der Waals surface area contributed by atoms with Crippen LogP contribution in [0.2, 0.25) is 0 Å². The minimum Gasteiger partial charge on any atom is -0.393 e. The monoisotopic (exact) mass is 318 g/mol. The van der Waals surface area contributed by atoms with Crippen molar-refractivity contribution in [1.82, 2.24) is 0 Å². The summed E-state index contributed by atoms with van der Waals surface area (Å²) in [6.45, 7) is 4.12. The van der Waals surface area contributed by atoms with Gasteiger partial charge in [0.1, 0.15) is 5.78 Å². The van der Waals surface area contributed by atoms with Gasteiger partial charge in [0.25, 0.3) is 0 Å². The molecule has 2 N–H and O–H groups in total. The van der Waals surface area contributed by atoms with Crippen LogP contribution in [0.5, 0.6) is 0 Å². The molecule has 7 atom stereocenters. The summed E-state index contributed by atoms with van der Waals surface area (Å²) in [4.78, 5) is 24.2. The molecule has 0 heterocycles. The summed E-state index contributed by atoms with van der Waals surface area (Å²) in [5, 5.41) is 21.5. The maximum Gasteiger partial charge on any atom is 0.155 e. The van der Waals surface area contributed by atoms with Gasteiger partial charge < -0.3 is 10.2 Å². The number of carbonyl (C=O) groups is 2. The Balaban J connectivity index is 1.78. The van der Waals surface area contributed by atoms with Gasteiger partial charge in [-0.15, -0.1) is 0 Å². The van der Waals surface area contributed by atoms with Crippen LogP contribution >= 0.6 is 0 Å². The quantitative estimate of drug-likeness (QED) is 0.717. The van der Waals surface area contributed by atoms with Gasteiger partial charge in [-0.3, -0.25) is 9.59 Å².